The fourth-order valence-electron chi connectivity index (χ4n) is 1.68. The number of carbonyl (C=O) groups is 1. The minimum atomic E-state index is 0. The Morgan fingerprint density at radius 3 is 2.73 bits per heavy atom. The number of likely N-dealkylation sites (N-methyl/N-ethyl adjacent to an activating group) is 1. The van der Waals surface area contributed by atoms with Gasteiger partial charge in [-0.2, -0.15) is 0 Å². The van der Waals surface area contributed by atoms with Gasteiger partial charge in [0, 0.05) is 31.2 Å². The zero-order chi connectivity index (χ0) is 14.5. The molecule has 1 unspecified atom stereocenters. The van der Waals surface area contributed by atoms with Gasteiger partial charge in [-0.05, 0) is 19.1 Å². The molecule has 0 fully saturated rings. The summed E-state index contributed by atoms with van der Waals surface area (Å²) in [6.45, 7) is 2.39. The van der Waals surface area contributed by atoms with Gasteiger partial charge in [0.1, 0.15) is 5.01 Å². The summed E-state index contributed by atoms with van der Waals surface area (Å²) in [4.78, 5) is 22.5. The molecule has 5 nitrogen and oxygen atoms in total. The molecule has 1 amide bonds. The number of hydrogen-bond donors (Lipinski definition) is 1. The predicted molar refractivity (Wildman–Crippen MR) is 94.8 cm³/mol. The number of halogens is 2. The van der Waals surface area contributed by atoms with Crippen LogP contribution in [-0.4, -0.2) is 40.4 Å². The molecule has 0 radical (unpaired) electrons. The number of nitrogens with two attached hydrogens (primary N) is 1. The van der Waals surface area contributed by atoms with E-state index in [4.69, 9.17) is 5.73 Å². The molecule has 0 aliphatic carbocycles. The fraction of sp³-hybridized carbons (Fsp3) is 0.357. The molecular formula is C14H20Cl2N4OS. The maximum atomic E-state index is 12.1. The Morgan fingerprint density at radius 2 is 2.14 bits per heavy atom. The Bertz CT molecular complexity index is 579. The van der Waals surface area contributed by atoms with E-state index in [0.29, 0.717) is 13.0 Å². The third-order valence-electron chi connectivity index (χ3n) is 3.16. The average molecular weight is 363 g/mol. The van der Waals surface area contributed by atoms with E-state index in [1.54, 1.807) is 18.1 Å². The zero-order valence-corrected chi connectivity index (χ0v) is 14.9. The van der Waals surface area contributed by atoms with Crippen LogP contribution in [0, 0.1) is 0 Å². The molecule has 0 aliphatic heterocycles. The van der Waals surface area contributed by atoms with E-state index in [1.165, 1.54) is 11.3 Å². The van der Waals surface area contributed by atoms with Crippen molar-refractivity contribution in [2.24, 2.45) is 5.73 Å². The van der Waals surface area contributed by atoms with Crippen molar-refractivity contribution < 1.29 is 4.79 Å². The van der Waals surface area contributed by atoms with Crippen LogP contribution >= 0.6 is 36.2 Å². The number of rotatable bonds is 5. The van der Waals surface area contributed by atoms with Gasteiger partial charge in [-0.25, -0.2) is 4.98 Å². The zero-order valence-electron chi connectivity index (χ0n) is 12.4. The molecule has 8 heteroatoms. The summed E-state index contributed by atoms with van der Waals surface area (Å²) in [5.74, 6) is 0.0285. The van der Waals surface area contributed by atoms with Crippen LogP contribution in [0.15, 0.2) is 29.8 Å². The first kappa shape index (κ1) is 20.8. The molecule has 0 saturated heterocycles. The Hall–Kier alpha value is -1.21. The summed E-state index contributed by atoms with van der Waals surface area (Å²) in [6, 6.07) is 5.74. The second-order valence-corrected chi connectivity index (χ2v) is 5.48. The van der Waals surface area contributed by atoms with Gasteiger partial charge in [0.05, 0.1) is 17.8 Å². The lowest BCUT2D eigenvalue weighted by atomic mass is 10.2. The number of thiazole rings is 1. The first-order valence-electron chi connectivity index (χ1n) is 6.43. The van der Waals surface area contributed by atoms with E-state index >= 15 is 0 Å². The Morgan fingerprint density at radius 1 is 1.41 bits per heavy atom. The molecule has 2 N–H and O–H groups in total. The van der Waals surface area contributed by atoms with Crippen molar-refractivity contribution in [3.63, 3.8) is 0 Å². The van der Waals surface area contributed by atoms with Crippen LogP contribution in [0.3, 0.4) is 0 Å². The molecule has 2 heterocycles. The monoisotopic (exact) mass is 362 g/mol. The number of pyridine rings is 1. The molecule has 0 bridgehead atoms. The van der Waals surface area contributed by atoms with Gasteiger partial charge in [-0.3, -0.25) is 9.78 Å². The number of carbonyl (C=O) groups excluding carboxylic acids is 1. The van der Waals surface area contributed by atoms with Crippen LogP contribution in [0.25, 0.3) is 10.7 Å². The number of hydrogen-bond acceptors (Lipinski definition) is 5. The molecule has 0 aromatic carbocycles. The van der Waals surface area contributed by atoms with Gasteiger partial charge in [0.25, 0.3) is 0 Å². The molecule has 2 rings (SSSR count). The lowest BCUT2D eigenvalue weighted by Crippen LogP contribution is -2.40. The van der Waals surface area contributed by atoms with E-state index in [0.717, 1.165) is 16.4 Å². The third kappa shape index (κ3) is 5.21. The average Bonchev–Trinajstić information content (AvgIpc) is 2.95. The standard InChI is InChI=1S/C14H18N4OS.2ClH/c1-10(8-15)18(2)13(19)7-11-9-20-14(17-11)12-5-3-4-6-16-12;;/h3-6,9-10H,7-8,15H2,1-2H3;2*1H. The summed E-state index contributed by atoms with van der Waals surface area (Å²) in [5, 5.41) is 2.74. The smallest absolute Gasteiger partial charge is 0.228 e. The SMILES string of the molecule is CC(CN)N(C)C(=O)Cc1csc(-c2ccccn2)n1.Cl.Cl. The Balaban J connectivity index is 0.00000220. The number of amides is 1. The highest BCUT2D eigenvalue weighted by molar-refractivity contribution is 7.13. The third-order valence-corrected chi connectivity index (χ3v) is 4.08. The molecule has 0 spiro atoms. The maximum absolute atomic E-state index is 12.1. The molecule has 22 heavy (non-hydrogen) atoms. The molecule has 2 aromatic heterocycles. The van der Waals surface area contributed by atoms with Crippen molar-refractivity contribution in [3.8, 4) is 10.7 Å². The van der Waals surface area contributed by atoms with Gasteiger partial charge in [-0.1, -0.05) is 6.07 Å². The van der Waals surface area contributed by atoms with Crippen molar-refractivity contribution in [3.05, 3.63) is 35.5 Å². The molecule has 2 aromatic rings. The van der Waals surface area contributed by atoms with E-state index < -0.39 is 0 Å². The van der Waals surface area contributed by atoms with Crippen molar-refractivity contribution in [2.45, 2.75) is 19.4 Å². The second kappa shape index (κ2) is 9.74. The normalized spacial score (nSPS) is 11.0. The lowest BCUT2D eigenvalue weighted by molar-refractivity contribution is -0.130. The van der Waals surface area contributed by atoms with Gasteiger partial charge in [-0.15, -0.1) is 36.2 Å². The predicted octanol–water partition coefficient (Wildman–Crippen LogP) is 2.40. The summed E-state index contributed by atoms with van der Waals surface area (Å²) >= 11 is 1.50. The van der Waals surface area contributed by atoms with Crippen LogP contribution in [0.4, 0.5) is 0 Å². The van der Waals surface area contributed by atoms with Gasteiger partial charge >= 0.3 is 0 Å². The highest BCUT2D eigenvalue weighted by Crippen LogP contribution is 2.21. The largest absolute Gasteiger partial charge is 0.341 e. The van der Waals surface area contributed by atoms with Gasteiger partial charge in [0.2, 0.25) is 5.91 Å². The first-order valence-corrected chi connectivity index (χ1v) is 7.31. The van der Waals surface area contributed by atoms with Crippen molar-refractivity contribution >= 4 is 42.1 Å². The van der Waals surface area contributed by atoms with Crippen LogP contribution in [-0.2, 0) is 11.2 Å². The van der Waals surface area contributed by atoms with Crippen LogP contribution < -0.4 is 5.73 Å². The van der Waals surface area contributed by atoms with Crippen LogP contribution in [0.1, 0.15) is 12.6 Å². The summed E-state index contributed by atoms with van der Waals surface area (Å²) in [6.07, 6.45) is 2.03. The van der Waals surface area contributed by atoms with E-state index in [1.807, 2.05) is 30.5 Å². The fourth-order valence-corrected chi connectivity index (χ4v) is 2.47. The number of nitrogens with zero attached hydrogens (tertiary/aromatic N) is 3. The van der Waals surface area contributed by atoms with Gasteiger partial charge in [0.15, 0.2) is 0 Å². The summed E-state index contributed by atoms with van der Waals surface area (Å²) < 4.78 is 0. The second-order valence-electron chi connectivity index (χ2n) is 4.63. The van der Waals surface area contributed by atoms with Crippen LogP contribution in [0.2, 0.25) is 0 Å². The minimum absolute atomic E-state index is 0. The molecule has 122 valence electrons. The van der Waals surface area contributed by atoms with Crippen LogP contribution in [0.5, 0.6) is 0 Å². The van der Waals surface area contributed by atoms with Crippen molar-refractivity contribution in [2.75, 3.05) is 13.6 Å². The van der Waals surface area contributed by atoms with E-state index in [-0.39, 0.29) is 36.8 Å². The van der Waals surface area contributed by atoms with Gasteiger partial charge < -0.3 is 10.6 Å². The maximum Gasteiger partial charge on any atom is 0.228 e. The quantitative estimate of drug-likeness (QED) is 0.886. The van der Waals surface area contributed by atoms with E-state index in [9.17, 15) is 4.79 Å². The summed E-state index contributed by atoms with van der Waals surface area (Å²) in [5.41, 5.74) is 7.18. The topological polar surface area (TPSA) is 72.1 Å². The Kier molecular flexibility index (Phi) is 9.20. The lowest BCUT2D eigenvalue weighted by Gasteiger charge is -2.23. The van der Waals surface area contributed by atoms with Crippen molar-refractivity contribution in [1.82, 2.24) is 14.9 Å². The molecule has 0 aliphatic rings. The first-order chi connectivity index (χ1) is 9.61. The molecule has 1 atom stereocenters. The highest BCUT2D eigenvalue weighted by atomic mass is 35.5. The molecule has 0 saturated carbocycles. The molecular weight excluding hydrogens is 343 g/mol. The van der Waals surface area contributed by atoms with Crippen molar-refractivity contribution in [1.29, 1.82) is 0 Å². The summed E-state index contributed by atoms with van der Waals surface area (Å²) in [7, 11) is 1.77. The minimum Gasteiger partial charge on any atom is -0.341 e. The van der Waals surface area contributed by atoms with E-state index in [2.05, 4.69) is 9.97 Å². The number of aromatic nitrogens is 2. The highest BCUT2D eigenvalue weighted by Gasteiger charge is 2.16. The Labute approximate surface area is 146 Å².